The van der Waals surface area contributed by atoms with Crippen LogP contribution in [0.1, 0.15) is 29.8 Å². The lowest BCUT2D eigenvalue weighted by molar-refractivity contribution is 0.0932. The van der Waals surface area contributed by atoms with Crippen LogP contribution in [0.2, 0.25) is 0 Å². The predicted octanol–water partition coefficient (Wildman–Crippen LogP) is 2.17. The summed E-state index contributed by atoms with van der Waals surface area (Å²) in [5.74, 6) is 0.475. The molecular weight excluding hydrogens is 200 g/mol. The zero-order chi connectivity index (χ0) is 11.7. The molecule has 1 aliphatic rings. The van der Waals surface area contributed by atoms with Gasteiger partial charge in [0.2, 0.25) is 0 Å². The zero-order valence-electron chi connectivity index (χ0n) is 10.0. The summed E-state index contributed by atoms with van der Waals surface area (Å²) in [6.07, 6.45) is 0. The average Bonchev–Trinajstić information content (AvgIpc) is 2.39. The van der Waals surface area contributed by atoms with E-state index in [1.807, 2.05) is 25.1 Å². The van der Waals surface area contributed by atoms with Crippen LogP contribution in [0.3, 0.4) is 0 Å². The van der Waals surface area contributed by atoms with Gasteiger partial charge in [-0.1, -0.05) is 26.0 Å². The van der Waals surface area contributed by atoms with Crippen molar-refractivity contribution in [1.82, 2.24) is 5.32 Å². The van der Waals surface area contributed by atoms with E-state index in [1.54, 1.807) is 0 Å². The van der Waals surface area contributed by atoms with Gasteiger partial charge in [0.15, 0.2) is 0 Å². The Morgan fingerprint density at radius 3 is 2.81 bits per heavy atom. The van der Waals surface area contributed by atoms with Gasteiger partial charge >= 0.3 is 0 Å². The second-order valence-electron chi connectivity index (χ2n) is 4.70. The number of fused-ring (bicyclic) bond motifs is 1. The first-order valence-electron chi connectivity index (χ1n) is 5.74. The Kier molecular flexibility index (Phi) is 2.86. The van der Waals surface area contributed by atoms with Gasteiger partial charge in [0.25, 0.3) is 5.91 Å². The van der Waals surface area contributed by atoms with Gasteiger partial charge in [-0.2, -0.15) is 0 Å². The Hall–Kier alpha value is -1.51. The first-order chi connectivity index (χ1) is 7.59. The van der Waals surface area contributed by atoms with Crippen molar-refractivity contribution < 1.29 is 4.79 Å². The van der Waals surface area contributed by atoms with Crippen molar-refractivity contribution in [3.05, 3.63) is 29.3 Å². The molecule has 0 saturated heterocycles. The van der Waals surface area contributed by atoms with Crippen molar-refractivity contribution in [3.63, 3.8) is 0 Å². The van der Waals surface area contributed by atoms with Crippen LogP contribution in [0.25, 0.3) is 0 Å². The van der Waals surface area contributed by atoms with Crippen LogP contribution in [-0.4, -0.2) is 18.5 Å². The molecule has 0 bridgehead atoms. The minimum Gasteiger partial charge on any atom is -0.382 e. The van der Waals surface area contributed by atoms with E-state index in [4.69, 9.17) is 0 Å². The minimum absolute atomic E-state index is 0.0387. The summed E-state index contributed by atoms with van der Waals surface area (Å²) in [6, 6.07) is 6.10. The number of rotatable bonds is 1. The maximum Gasteiger partial charge on any atom is 0.253 e. The average molecular weight is 218 g/mol. The van der Waals surface area contributed by atoms with Gasteiger partial charge in [-0.15, -0.1) is 0 Å². The van der Waals surface area contributed by atoms with Gasteiger partial charge in [-0.25, -0.2) is 0 Å². The van der Waals surface area contributed by atoms with Crippen molar-refractivity contribution in [1.29, 1.82) is 0 Å². The van der Waals surface area contributed by atoms with E-state index in [-0.39, 0.29) is 11.9 Å². The van der Waals surface area contributed by atoms with E-state index >= 15 is 0 Å². The number of carbonyl (C=O) groups excluding carboxylic acids is 1. The number of aryl methyl sites for hydroxylation is 1. The van der Waals surface area contributed by atoms with Crippen LogP contribution in [0.4, 0.5) is 5.69 Å². The molecule has 1 unspecified atom stereocenters. The molecule has 2 rings (SSSR count). The van der Waals surface area contributed by atoms with E-state index in [9.17, 15) is 4.79 Å². The molecule has 1 atom stereocenters. The van der Waals surface area contributed by atoms with E-state index < -0.39 is 0 Å². The zero-order valence-corrected chi connectivity index (χ0v) is 10.0. The summed E-state index contributed by atoms with van der Waals surface area (Å²) in [7, 11) is 0. The molecule has 0 fully saturated rings. The van der Waals surface area contributed by atoms with E-state index in [2.05, 4.69) is 24.5 Å². The Labute approximate surface area is 96.2 Å². The fourth-order valence-electron chi connectivity index (χ4n) is 2.03. The van der Waals surface area contributed by atoms with Gasteiger partial charge in [0.1, 0.15) is 0 Å². The number of hydrogen-bond acceptors (Lipinski definition) is 2. The second-order valence-corrected chi connectivity index (χ2v) is 4.70. The summed E-state index contributed by atoms with van der Waals surface area (Å²) < 4.78 is 0. The van der Waals surface area contributed by atoms with Crippen molar-refractivity contribution in [2.24, 2.45) is 5.92 Å². The standard InChI is InChI=1S/C13H18N2O/c1-8(2)11-7-14-10-6-4-5-9(3)12(10)13(16)15-11/h4-6,8,11,14H,7H2,1-3H3,(H,15,16). The Balaban J connectivity index is 2.36. The van der Waals surface area contributed by atoms with Crippen molar-refractivity contribution >= 4 is 11.6 Å². The first-order valence-corrected chi connectivity index (χ1v) is 5.74. The number of nitrogens with one attached hydrogen (secondary N) is 2. The largest absolute Gasteiger partial charge is 0.382 e. The molecule has 0 aliphatic carbocycles. The van der Waals surface area contributed by atoms with E-state index in [0.717, 1.165) is 23.4 Å². The van der Waals surface area contributed by atoms with E-state index in [1.165, 1.54) is 0 Å². The molecule has 1 heterocycles. The lowest BCUT2D eigenvalue weighted by Crippen LogP contribution is -2.40. The molecule has 0 aromatic heterocycles. The smallest absolute Gasteiger partial charge is 0.253 e. The molecular formula is C13H18N2O. The highest BCUT2D eigenvalue weighted by atomic mass is 16.1. The van der Waals surface area contributed by atoms with Crippen LogP contribution >= 0.6 is 0 Å². The summed E-state index contributed by atoms with van der Waals surface area (Å²) in [5.41, 5.74) is 2.75. The lowest BCUT2D eigenvalue weighted by Gasteiger charge is -2.19. The third-order valence-corrected chi connectivity index (χ3v) is 3.13. The fraction of sp³-hybridized carbons (Fsp3) is 0.462. The molecule has 1 aromatic carbocycles. The molecule has 1 aliphatic heterocycles. The van der Waals surface area contributed by atoms with Gasteiger partial charge in [-0.3, -0.25) is 4.79 Å². The fourth-order valence-corrected chi connectivity index (χ4v) is 2.03. The quantitative estimate of drug-likeness (QED) is 0.758. The van der Waals surface area contributed by atoms with E-state index in [0.29, 0.717) is 5.92 Å². The number of amides is 1. The molecule has 3 heteroatoms. The summed E-state index contributed by atoms with van der Waals surface area (Å²) in [4.78, 5) is 12.1. The van der Waals surface area contributed by atoms with Crippen molar-refractivity contribution in [3.8, 4) is 0 Å². The third kappa shape index (κ3) is 1.90. The number of anilines is 1. The molecule has 0 radical (unpaired) electrons. The number of benzene rings is 1. The minimum atomic E-state index is 0.0387. The van der Waals surface area contributed by atoms with Crippen molar-refractivity contribution in [2.75, 3.05) is 11.9 Å². The molecule has 16 heavy (non-hydrogen) atoms. The monoisotopic (exact) mass is 218 g/mol. The Morgan fingerprint density at radius 1 is 1.38 bits per heavy atom. The highest BCUT2D eigenvalue weighted by molar-refractivity contribution is 6.01. The number of carbonyl (C=O) groups is 1. The third-order valence-electron chi connectivity index (χ3n) is 3.13. The van der Waals surface area contributed by atoms with Gasteiger partial charge in [0.05, 0.1) is 5.56 Å². The second kappa shape index (κ2) is 4.16. The van der Waals surface area contributed by atoms with Crippen LogP contribution in [0, 0.1) is 12.8 Å². The van der Waals surface area contributed by atoms with Crippen LogP contribution in [0.15, 0.2) is 18.2 Å². The molecule has 1 amide bonds. The van der Waals surface area contributed by atoms with Gasteiger partial charge < -0.3 is 10.6 Å². The Bertz CT molecular complexity index is 412. The first kappa shape index (κ1) is 11.0. The highest BCUT2D eigenvalue weighted by Crippen LogP contribution is 2.22. The highest BCUT2D eigenvalue weighted by Gasteiger charge is 2.24. The molecule has 3 nitrogen and oxygen atoms in total. The molecule has 0 saturated carbocycles. The van der Waals surface area contributed by atoms with Gasteiger partial charge in [0, 0.05) is 18.3 Å². The SMILES string of the molecule is Cc1cccc2c1C(=O)NC(C(C)C)CN2. The summed E-state index contributed by atoms with van der Waals surface area (Å²) in [6.45, 7) is 7.00. The molecule has 0 spiro atoms. The van der Waals surface area contributed by atoms with Crippen LogP contribution in [-0.2, 0) is 0 Å². The topological polar surface area (TPSA) is 41.1 Å². The number of hydrogen-bond donors (Lipinski definition) is 2. The maximum atomic E-state index is 12.1. The molecule has 1 aromatic rings. The predicted molar refractivity (Wildman–Crippen MR) is 65.8 cm³/mol. The van der Waals surface area contributed by atoms with Crippen LogP contribution in [0.5, 0.6) is 0 Å². The van der Waals surface area contributed by atoms with Crippen molar-refractivity contribution in [2.45, 2.75) is 26.8 Å². The summed E-state index contributed by atoms with van der Waals surface area (Å²) in [5, 5.41) is 6.42. The van der Waals surface area contributed by atoms with Crippen LogP contribution < -0.4 is 10.6 Å². The maximum absolute atomic E-state index is 12.1. The molecule has 86 valence electrons. The van der Waals surface area contributed by atoms with Gasteiger partial charge in [-0.05, 0) is 24.5 Å². The Morgan fingerprint density at radius 2 is 2.12 bits per heavy atom. The summed E-state index contributed by atoms with van der Waals surface area (Å²) >= 11 is 0. The normalized spacial score (nSPS) is 19.8. The molecule has 2 N–H and O–H groups in total. The lowest BCUT2D eigenvalue weighted by atomic mass is 10.0.